The Morgan fingerprint density at radius 3 is 1.11 bits per heavy atom. The standard InChI is InChI=1S/C53H99O9P/c1-11-17-23-29-35-41-57-51(58-42-36-30-24-18-12-2)52(59-43-37-31-25-19-13-3,61-47(49(54)45(7)8)39-33-27-21-15-5)53(63-56,60-44-38-32-26-20-14-4)62-48(50(55)46(9)10)40-34-28-22-16-6/h47-48,51H,7,9,11-44H2,1-6,8,10H3. The molecule has 10 heteroatoms. The van der Waals surface area contributed by atoms with E-state index in [1.54, 1.807) is 13.8 Å². The third-order valence-corrected chi connectivity index (χ3v) is 12.5. The summed E-state index contributed by atoms with van der Waals surface area (Å²) in [5, 5.41) is 0. The number of ether oxygens (including phenoxy) is 6. The highest BCUT2D eigenvalue weighted by Gasteiger charge is 2.67. The van der Waals surface area contributed by atoms with E-state index in [2.05, 4.69) is 54.7 Å². The van der Waals surface area contributed by atoms with E-state index < -0.39 is 38.3 Å². The molecule has 0 fully saturated rings. The second kappa shape index (κ2) is 40.9. The van der Waals surface area contributed by atoms with Crippen LogP contribution < -0.4 is 0 Å². The molecule has 0 aliphatic rings. The Morgan fingerprint density at radius 1 is 0.444 bits per heavy atom. The first-order valence-electron chi connectivity index (χ1n) is 26.1. The van der Waals surface area contributed by atoms with Crippen LogP contribution in [0.3, 0.4) is 0 Å². The van der Waals surface area contributed by atoms with Crippen LogP contribution in [0.2, 0.25) is 0 Å². The van der Waals surface area contributed by atoms with Gasteiger partial charge in [0.15, 0.2) is 11.6 Å². The monoisotopic (exact) mass is 911 g/mol. The highest BCUT2D eigenvalue weighted by atomic mass is 31.1. The SMILES string of the molecule is C=C(C)C(=O)C(CCCCCC)OC(OCCCCCCC)(P=O)C(OCCCCCCC)(OC(CCCCCC)C(=O)C(=C)C)C(OCCCCCCC)OCCCCCCC. The van der Waals surface area contributed by atoms with Crippen LogP contribution in [0, 0.1) is 0 Å². The summed E-state index contributed by atoms with van der Waals surface area (Å²) in [6.07, 6.45) is 24.1. The second-order valence-corrected chi connectivity index (χ2v) is 18.7. The molecule has 0 amide bonds. The summed E-state index contributed by atoms with van der Waals surface area (Å²) in [6, 6.07) is 0. The maximum atomic E-state index is 14.6. The lowest BCUT2D eigenvalue weighted by atomic mass is 10.0. The summed E-state index contributed by atoms with van der Waals surface area (Å²) in [5.41, 5.74) is -1.62. The van der Waals surface area contributed by atoms with Gasteiger partial charge in [-0.1, -0.05) is 209 Å². The lowest BCUT2D eigenvalue weighted by Gasteiger charge is -2.49. The van der Waals surface area contributed by atoms with E-state index in [0.717, 1.165) is 154 Å². The first-order valence-corrected chi connectivity index (χ1v) is 26.9. The van der Waals surface area contributed by atoms with Gasteiger partial charge in [0.05, 0.1) is 13.2 Å². The van der Waals surface area contributed by atoms with Crippen molar-refractivity contribution in [3.05, 3.63) is 24.3 Å². The van der Waals surface area contributed by atoms with Crippen LogP contribution in [0.5, 0.6) is 0 Å². The molecule has 370 valence electrons. The Morgan fingerprint density at radius 2 is 0.762 bits per heavy atom. The average molecular weight is 911 g/mol. The fourth-order valence-corrected chi connectivity index (χ4v) is 8.32. The van der Waals surface area contributed by atoms with Gasteiger partial charge in [0, 0.05) is 13.2 Å². The van der Waals surface area contributed by atoms with Crippen molar-refractivity contribution < 1.29 is 42.6 Å². The molecule has 0 saturated heterocycles. The molecule has 9 nitrogen and oxygen atoms in total. The fraction of sp³-hybridized carbons (Fsp3) is 0.887. The molecular weight excluding hydrogens is 812 g/mol. The highest BCUT2D eigenvalue weighted by molar-refractivity contribution is 7.25. The maximum absolute atomic E-state index is 14.6. The second-order valence-electron chi connectivity index (χ2n) is 18.0. The number of hydrogen-bond acceptors (Lipinski definition) is 9. The third kappa shape index (κ3) is 26.6. The molecule has 0 aliphatic carbocycles. The van der Waals surface area contributed by atoms with E-state index in [-0.39, 0.29) is 24.8 Å². The summed E-state index contributed by atoms with van der Waals surface area (Å²) in [6.45, 7) is 25.4. The minimum Gasteiger partial charge on any atom is -0.348 e. The number of carbonyl (C=O) groups excluding carboxylic acids is 2. The van der Waals surface area contributed by atoms with Gasteiger partial charge in [-0.2, -0.15) is 0 Å². The smallest absolute Gasteiger partial charge is 0.313 e. The molecule has 0 spiro atoms. The summed E-state index contributed by atoms with van der Waals surface area (Å²) in [4.78, 5) is 28.6. The summed E-state index contributed by atoms with van der Waals surface area (Å²) in [7, 11) is -0.639. The Bertz CT molecular complexity index is 1150. The molecular formula is C53H99O9P. The van der Waals surface area contributed by atoms with Crippen molar-refractivity contribution in [3.63, 3.8) is 0 Å². The molecule has 4 unspecified atom stereocenters. The molecule has 63 heavy (non-hydrogen) atoms. The van der Waals surface area contributed by atoms with Crippen LogP contribution in [0.1, 0.15) is 248 Å². The van der Waals surface area contributed by atoms with Crippen LogP contribution in [0.4, 0.5) is 0 Å². The number of rotatable bonds is 49. The predicted octanol–water partition coefficient (Wildman–Crippen LogP) is 15.9. The van der Waals surface area contributed by atoms with E-state index in [1.807, 2.05) is 0 Å². The quantitative estimate of drug-likeness (QED) is 0.0255. The van der Waals surface area contributed by atoms with E-state index in [1.165, 1.54) is 0 Å². The average Bonchev–Trinajstić information content (AvgIpc) is 3.27. The predicted molar refractivity (Wildman–Crippen MR) is 263 cm³/mol. The molecule has 0 rings (SSSR count). The van der Waals surface area contributed by atoms with Gasteiger partial charge < -0.3 is 28.4 Å². The highest BCUT2D eigenvalue weighted by Crippen LogP contribution is 2.48. The van der Waals surface area contributed by atoms with Gasteiger partial charge in [-0.15, -0.1) is 0 Å². The Balaban J connectivity index is 8.23. The van der Waals surface area contributed by atoms with Gasteiger partial charge in [0.25, 0.3) is 5.79 Å². The summed E-state index contributed by atoms with van der Waals surface area (Å²) < 4.78 is 56.8. The molecule has 0 radical (unpaired) electrons. The molecule has 0 aromatic heterocycles. The summed E-state index contributed by atoms with van der Waals surface area (Å²) >= 11 is 0. The van der Waals surface area contributed by atoms with Crippen molar-refractivity contribution in [3.8, 4) is 0 Å². The zero-order valence-corrected chi connectivity index (χ0v) is 43.2. The topological polar surface area (TPSA) is 107 Å². The van der Waals surface area contributed by atoms with E-state index in [0.29, 0.717) is 62.9 Å². The van der Waals surface area contributed by atoms with Gasteiger partial charge >= 0.3 is 5.53 Å². The van der Waals surface area contributed by atoms with Crippen LogP contribution in [-0.2, 0) is 42.6 Å². The van der Waals surface area contributed by atoms with Crippen LogP contribution in [0.25, 0.3) is 0 Å². The van der Waals surface area contributed by atoms with Crippen molar-refractivity contribution in [2.24, 2.45) is 0 Å². The van der Waals surface area contributed by atoms with Gasteiger partial charge in [0.2, 0.25) is 14.8 Å². The molecule has 0 N–H and O–H groups in total. The maximum Gasteiger partial charge on any atom is 0.313 e. The molecule has 0 aliphatic heterocycles. The molecule has 4 atom stereocenters. The van der Waals surface area contributed by atoms with Crippen LogP contribution in [-0.4, -0.2) is 67.8 Å². The molecule has 0 heterocycles. The number of hydrogen-bond donors (Lipinski definition) is 0. The van der Waals surface area contributed by atoms with Crippen molar-refractivity contribution >= 4 is 20.0 Å². The lowest BCUT2D eigenvalue weighted by Crippen LogP contribution is -2.68. The minimum atomic E-state index is -2.28. The van der Waals surface area contributed by atoms with E-state index >= 15 is 0 Å². The van der Waals surface area contributed by atoms with E-state index in [9.17, 15) is 14.2 Å². The lowest BCUT2D eigenvalue weighted by molar-refractivity contribution is -0.445. The molecule has 0 bridgehead atoms. The first kappa shape index (κ1) is 61.7. The van der Waals surface area contributed by atoms with E-state index in [4.69, 9.17) is 28.4 Å². The largest absolute Gasteiger partial charge is 0.348 e. The van der Waals surface area contributed by atoms with Crippen molar-refractivity contribution in [2.45, 2.75) is 278 Å². The minimum absolute atomic E-state index is 0.143. The van der Waals surface area contributed by atoms with Gasteiger partial charge in [-0.25, -0.2) is 0 Å². The van der Waals surface area contributed by atoms with Gasteiger partial charge in [-0.3, -0.25) is 14.2 Å². The normalized spacial score (nSPS) is 14.7. The number of carbonyl (C=O) groups is 2. The van der Waals surface area contributed by atoms with Crippen LogP contribution >= 0.6 is 8.46 Å². The van der Waals surface area contributed by atoms with Crippen molar-refractivity contribution in [1.29, 1.82) is 0 Å². The first-order chi connectivity index (χ1) is 30.5. The number of unbranched alkanes of at least 4 members (excludes halogenated alkanes) is 22. The molecule has 0 saturated carbocycles. The van der Waals surface area contributed by atoms with Crippen molar-refractivity contribution in [2.75, 3.05) is 26.4 Å². The van der Waals surface area contributed by atoms with Gasteiger partial charge in [0.1, 0.15) is 12.2 Å². The van der Waals surface area contributed by atoms with Gasteiger partial charge in [-0.05, 0) is 63.5 Å². The van der Waals surface area contributed by atoms with Crippen LogP contribution in [0.15, 0.2) is 24.3 Å². The number of ketones is 2. The third-order valence-electron chi connectivity index (χ3n) is 11.7. The Labute approximate surface area is 389 Å². The fourth-order valence-electron chi connectivity index (χ4n) is 7.66. The number of Topliss-reactive ketones (excluding diaryl/α,β-unsaturated/α-hetero) is 2. The van der Waals surface area contributed by atoms with Crippen molar-refractivity contribution in [1.82, 2.24) is 0 Å². The Kier molecular flexibility index (Phi) is 40.1. The molecule has 0 aromatic carbocycles. The Hall–Kier alpha value is -1.32. The zero-order chi connectivity index (χ0) is 47.0. The summed E-state index contributed by atoms with van der Waals surface area (Å²) in [5.74, 6) is -2.81. The zero-order valence-electron chi connectivity index (χ0n) is 42.3. The molecule has 0 aromatic rings.